The van der Waals surface area contributed by atoms with Gasteiger partial charge < -0.3 is 9.47 Å². The van der Waals surface area contributed by atoms with Crippen molar-refractivity contribution in [1.82, 2.24) is 14.8 Å². The molecule has 3 aromatic rings. The van der Waals surface area contributed by atoms with Gasteiger partial charge in [0, 0.05) is 6.20 Å². The average Bonchev–Trinajstić information content (AvgIpc) is 3.39. The summed E-state index contributed by atoms with van der Waals surface area (Å²) in [6.07, 6.45) is 5.42. The third-order valence-electron chi connectivity index (χ3n) is 4.08. The molecule has 0 unspecified atom stereocenters. The van der Waals surface area contributed by atoms with Gasteiger partial charge in [0.2, 0.25) is 5.75 Å². The van der Waals surface area contributed by atoms with Gasteiger partial charge in [0.1, 0.15) is 5.75 Å². The van der Waals surface area contributed by atoms with Crippen molar-refractivity contribution in [1.29, 1.82) is 0 Å². The molecular weight excluding hydrogens is 333 g/mol. The van der Waals surface area contributed by atoms with Crippen molar-refractivity contribution in [2.45, 2.75) is 38.7 Å². The number of halogens is 1. The average molecular weight is 353 g/mol. The van der Waals surface area contributed by atoms with Crippen LogP contribution in [0.5, 0.6) is 17.4 Å². The smallest absolute Gasteiger partial charge is 0.277 e. The highest BCUT2D eigenvalue weighted by molar-refractivity contribution is 5.40. The molecule has 0 amide bonds. The molecule has 1 aromatic carbocycles. The van der Waals surface area contributed by atoms with Crippen LogP contribution in [-0.2, 0) is 0 Å². The molecule has 0 atom stereocenters. The number of ether oxygens (including phenoxy) is 2. The molecule has 0 N–H and O–H groups in total. The quantitative estimate of drug-likeness (QED) is 0.635. The van der Waals surface area contributed by atoms with E-state index in [9.17, 15) is 4.39 Å². The Morgan fingerprint density at radius 3 is 2.62 bits per heavy atom. The number of rotatable bonds is 6. The fraction of sp³-hybridized carbons (Fsp3) is 0.300. The van der Waals surface area contributed by atoms with E-state index in [0.29, 0.717) is 23.3 Å². The minimum absolute atomic E-state index is 0.0912. The van der Waals surface area contributed by atoms with Gasteiger partial charge in [0.25, 0.3) is 5.88 Å². The first-order chi connectivity index (χ1) is 12.6. The van der Waals surface area contributed by atoms with Crippen LogP contribution in [0.4, 0.5) is 4.39 Å². The van der Waals surface area contributed by atoms with Gasteiger partial charge in [0.05, 0.1) is 12.3 Å². The van der Waals surface area contributed by atoms with Gasteiger partial charge in [-0.2, -0.15) is 0 Å². The lowest BCUT2D eigenvalue weighted by atomic mass is 10.2. The first kappa shape index (κ1) is 16.6. The third kappa shape index (κ3) is 3.54. The maximum atomic E-state index is 14.5. The molecule has 0 radical (unpaired) electrons. The Kier molecular flexibility index (Phi) is 4.32. The number of para-hydroxylation sites is 1. The molecule has 5 nitrogen and oxygen atoms in total. The van der Waals surface area contributed by atoms with E-state index in [1.165, 1.54) is 4.68 Å². The summed E-state index contributed by atoms with van der Waals surface area (Å²) >= 11 is 0. The normalized spacial score (nSPS) is 13.8. The van der Waals surface area contributed by atoms with Crippen molar-refractivity contribution in [2.24, 2.45) is 0 Å². The summed E-state index contributed by atoms with van der Waals surface area (Å²) in [6, 6.07) is 10.9. The minimum Gasteiger partial charge on any atom is -0.471 e. The highest BCUT2D eigenvalue weighted by Gasteiger charge is 2.25. The Balaban J connectivity index is 1.68. The van der Waals surface area contributed by atoms with E-state index in [1.54, 1.807) is 18.5 Å². The van der Waals surface area contributed by atoms with Crippen molar-refractivity contribution < 1.29 is 13.9 Å². The SMILES string of the molecule is CC(C)Oc1nn(-c2ncc(C3CC3)cc2F)cc1Oc1ccccc1. The van der Waals surface area contributed by atoms with Gasteiger partial charge in [-0.15, -0.1) is 5.10 Å². The molecule has 0 saturated heterocycles. The maximum Gasteiger partial charge on any atom is 0.277 e. The number of pyridine rings is 1. The van der Waals surface area contributed by atoms with E-state index in [-0.39, 0.29) is 11.9 Å². The van der Waals surface area contributed by atoms with Gasteiger partial charge in [-0.25, -0.2) is 14.1 Å². The fourth-order valence-corrected chi connectivity index (χ4v) is 2.70. The summed E-state index contributed by atoms with van der Waals surface area (Å²) in [5.41, 5.74) is 0.942. The Bertz CT molecular complexity index is 905. The number of hydrogen-bond donors (Lipinski definition) is 0. The summed E-state index contributed by atoms with van der Waals surface area (Å²) in [4.78, 5) is 4.26. The third-order valence-corrected chi connectivity index (χ3v) is 4.08. The lowest BCUT2D eigenvalue weighted by Gasteiger charge is -2.09. The van der Waals surface area contributed by atoms with Crippen molar-refractivity contribution in [2.75, 3.05) is 0 Å². The number of nitrogens with zero attached hydrogens (tertiary/aromatic N) is 3. The predicted octanol–water partition coefficient (Wildman–Crippen LogP) is 4.86. The van der Waals surface area contributed by atoms with Crippen molar-refractivity contribution in [3.63, 3.8) is 0 Å². The van der Waals surface area contributed by atoms with Crippen LogP contribution in [0.2, 0.25) is 0 Å². The number of benzene rings is 1. The van der Waals surface area contributed by atoms with E-state index >= 15 is 0 Å². The molecule has 4 rings (SSSR count). The summed E-state index contributed by atoms with van der Waals surface area (Å²) in [5.74, 6) is 1.54. The molecule has 1 aliphatic carbocycles. The molecule has 1 saturated carbocycles. The molecule has 0 bridgehead atoms. The molecule has 6 heteroatoms. The largest absolute Gasteiger partial charge is 0.471 e. The highest BCUT2D eigenvalue weighted by atomic mass is 19.1. The van der Waals surface area contributed by atoms with Gasteiger partial charge >= 0.3 is 0 Å². The summed E-state index contributed by atoms with van der Waals surface area (Å²) in [5, 5.41) is 4.33. The van der Waals surface area contributed by atoms with Crippen LogP contribution in [0, 0.1) is 5.82 Å². The van der Waals surface area contributed by atoms with Crippen molar-refractivity contribution in [3.05, 3.63) is 60.2 Å². The van der Waals surface area contributed by atoms with Gasteiger partial charge in [-0.3, -0.25) is 0 Å². The van der Waals surface area contributed by atoms with Crippen LogP contribution in [0.1, 0.15) is 38.2 Å². The molecule has 2 heterocycles. The zero-order chi connectivity index (χ0) is 18.1. The van der Waals surface area contributed by atoms with Crippen LogP contribution in [-0.4, -0.2) is 20.9 Å². The second-order valence-corrected chi connectivity index (χ2v) is 6.67. The van der Waals surface area contributed by atoms with Gasteiger partial charge in [-0.05, 0) is 56.4 Å². The Hall–Kier alpha value is -2.89. The molecule has 134 valence electrons. The Morgan fingerprint density at radius 2 is 1.96 bits per heavy atom. The minimum atomic E-state index is -0.403. The van der Waals surface area contributed by atoms with Crippen molar-refractivity contribution >= 4 is 0 Å². The van der Waals surface area contributed by atoms with E-state index in [4.69, 9.17) is 9.47 Å². The van der Waals surface area contributed by atoms with Crippen LogP contribution < -0.4 is 9.47 Å². The molecule has 26 heavy (non-hydrogen) atoms. The summed E-state index contributed by atoms with van der Waals surface area (Å²) < 4.78 is 27.5. The van der Waals surface area contributed by atoms with Crippen LogP contribution in [0.15, 0.2) is 48.8 Å². The fourth-order valence-electron chi connectivity index (χ4n) is 2.70. The molecule has 0 aliphatic heterocycles. The first-order valence-electron chi connectivity index (χ1n) is 8.75. The Morgan fingerprint density at radius 1 is 1.19 bits per heavy atom. The zero-order valence-corrected chi connectivity index (χ0v) is 14.7. The van der Waals surface area contributed by atoms with E-state index in [0.717, 1.165) is 18.4 Å². The summed E-state index contributed by atoms with van der Waals surface area (Å²) in [7, 11) is 0. The lowest BCUT2D eigenvalue weighted by molar-refractivity contribution is 0.223. The molecule has 1 aliphatic rings. The monoisotopic (exact) mass is 353 g/mol. The van der Waals surface area contributed by atoms with Gasteiger partial charge in [-0.1, -0.05) is 18.2 Å². The number of hydrogen-bond acceptors (Lipinski definition) is 4. The predicted molar refractivity (Wildman–Crippen MR) is 95.6 cm³/mol. The second kappa shape index (κ2) is 6.78. The molecule has 0 spiro atoms. The number of aromatic nitrogens is 3. The lowest BCUT2D eigenvalue weighted by Crippen LogP contribution is -2.08. The highest BCUT2D eigenvalue weighted by Crippen LogP contribution is 2.40. The summed E-state index contributed by atoms with van der Waals surface area (Å²) in [6.45, 7) is 3.79. The second-order valence-electron chi connectivity index (χ2n) is 6.67. The Labute approximate surface area is 151 Å². The van der Waals surface area contributed by atoms with E-state index in [2.05, 4.69) is 10.1 Å². The molecular formula is C20H20FN3O2. The first-order valence-corrected chi connectivity index (χ1v) is 8.75. The molecule has 2 aromatic heterocycles. The standard InChI is InChI=1S/C20H20FN3O2/c1-13(2)25-20-18(26-16-6-4-3-5-7-16)12-24(23-20)19-17(21)10-15(11-22-19)14-8-9-14/h3-7,10-14H,8-9H2,1-2H3. The van der Waals surface area contributed by atoms with Crippen molar-refractivity contribution in [3.8, 4) is 23.2 Å². The molecule has 1 fully saturated rings. The maximum absolute atomic E-state index is 14.5. The van der Waals surface area contributed by atoms with Crippen LogP contribution >= 0.6 is 0 Å². The van der Waals surface area contributed by atoms with E-state index < -0.39 is 5.82 Å². The zero-order valence-electron chi connectivity index (χ0n) is 14.7. The van der Waals surface area contributed by atoms with Crippen LogP contribution in [0.25, 0.3) is 5.82 Å². The topological polar surface area (TPSA) is 49.2 Å². The van der Waals surface area contributed by atoms with Crippen LogP contribution in [0.3, 0.4) is 0 Å². The van der Waals surface area contributed by atoms with Gasteiger partial charge in [0.15, 0.2) is 11.6 Å². The van der Waals surface area contributed by atoms with E-state index in [1.807, 2.05) is 44.2 Å².